The highest BCUT2D eigenvalue weighted by molar-refractivity contribution is 7.92. The topological polar surface area (TPSA) is 86.8 Å². The Morgan fingerprint density at radius 1 is 0.974 bits per heavy atom. The lowest BCUT2D eigenvalue weighted by Gasteiger charge is -2.32. The largest absolute Gasteiger partial charge is 0.354 e. The minimum absolute atomic E-state index is 0.0113. The zero-order chi connectivity index (χ0) is 27.9. The van der Waals surface area contributed by atoms with E-state index in [1.807, 2.05) is 38.1 Å². The van der Waals surface area contributed by atoms with E-state index in [9.17, 15) is 18.0 Å². The summed E-state index contributed by atoms with van der Waals surface area (Å²) < 4.78 is 28.5. The van der Waals surface area contributed by atoms with E-state index in [2.05, 4.69) is 5.32 Å². The lowest BCUT2D eigenvalue weighted by Crippen LogP contribution is -2.51. The second-order valence-electron chi connectivity index (χ2n) is 8.90. The summed E-state index contributed by atoms with van der Waals surface area (Å²) in [5.74, 6) is -0.896. The molecule has 0 bridgehead atoms. The smallest absolute Gasteiger partial charge is 0.264 e. The molecule has 38 heavy (non-hydrogen) atoms. The monoisotopic (exact) mass is 575 g/mol. The Labute approximate surface area is 234 Å². The molecule has 0 unspecified atom stereocenters. The van der Waals surface area contributed by atoms with E-state index in [0.717, 1.165) is 21.9 Å². The van der Waals surface area contributed by atoms with Gasteiger partial charge in [-0.3, -0.25) is 13.9 Å². The van der Waals surface area contributed by atoms with Crippen molar-refractivity contribution >= 4 is 50.7 Å². The standard InChI is InChI=1S/C28H31Cl2N3O4S/c1-4-15-31-28(35)21(3)32(18-22-10-8-9-20(2)16-22)27(34)19-33(26-17-23(29)13-14-25(26)30)38(36,37)24-11-6-5-7-12-24/h5-14,16-17,21H,4,15,18-19H2,1-3H3,(H,31,35)/t21-/m0/s1. The van der Waals surface area contributed by atoms with Crippen LogP contribution in [-0.4, -0.2) is 44.3 Å². The molecule has 3 rings (SSSR count). The molecule has 0 spiro atoms. The van der Waals surface area contributed by atoms with Crippen LogP contribution >= 0.6 is 23.2 Å². The summed E-state index contributed by atoms with van der Waals surface area (Å²) in [6.45, 7) is 5.48. The molecule has 0 saturated carbocycles. The molecule has 0 aromatic heterocycles. The Morgan fingerprint density at radius 2 is 1.68 bits per heavy atom. The molecule has 3 aromatic carbocycles. The number of amides is 2. The quantitative estimate of drug-likeness (QED) is 0.330. The first-order valence-electron chi connectivity index (χ1n) is 12.2. The number of nitrogens with zero attached hydrogens (tertiary/aromatic N) is 2. The maximum absolute atomic E-state index is 13.9. The molecular weight excluding hydrogens is 545 g/mol. The fraction of sp³-hybridized carbons (Fsp3) is 0.286. The average molecular weight is 577 g/mol. The van der Waals surface area contributed by atoms with Crippen LogP contribution in [0.4, 0.5) is 5.69 Å². The number of nitrogens with one attached hydrogen (secondary N) is 1. The molecule has 0 aliphatic rings. The molecular formula is C28H31Cl2N3O4S. The van der Waals surface area contributed by atoms with E-state index in [1.165, 1.54) is 35.2 Å². The first-order valence-corrected chi connectivity index (χ1v) is 14.4. The summed E-state index contributed by atoms with van der Waals surface area (Å²) in [5.41, 5.74) is 1.87. The SMILES string of the molecule is CCCNC(=O)[C@H](C)N(Cc1cccc(C)c1)C(=O)CN(c1cc(Cl)ccc1Cl)S(=O)(=O)c1ccccc1. The second kappa shape index (κ2) is 13.1. The highest BCUT2D eigenvalue weighted by atomic mass is 35.5. The van der Waals surface area contributed by atoms with Gasteiger partial charge in [-0.25, -0.2) is 8.42 Å². The normalized spacial score (nSPS) is 12.0. The molecule has 0 fully saturated rings. The van der Waals surface area contributed by atoms with Gasteiger partial charge in [0.25, 0.3) is 10.0 Å². The van der Waals surface area contributed by atoms with Crippen LogP contribution in [0.2, 0.25) is 10.0 Å². The van der Waals surface area contributed by atoms with Crippen molar-refractivity contribution in [2.75, 3.05) is 17.4 Å². The van der Waals surface area contributed by atoms with Crippen LogP contribution in [0, 0.1) is 6.92 Å². The zero-order valence-corrected chi connectivity index (χ0v) is 23.9. The van der Waals surface area contributed by atoms with Crippen LogP contribution in [0.3, 0.4) is 0 Å². The molecule has 0 saturated heterocycles. The van der Waals surface area contributed by atoms with E-state index in [-0.39, 0.29) is 33.1 Å². The van der Waals surface area contributed by atoms with Crippen molar-refractivity contribution in [3.05, 3.63) is 94.0 Å². The van der Waals surface area contributed by atoms with Gasteiger partial charge < -0.3 is 10.2 Å². The zero-order valence-electron chi connectivity index (χ0n) is 21.5. The summed E-state index contributed by atoms with van der Waals surface area (Å²) in [6.07, 6.45) is 0.737. The Balaban J connectivity index is 2.05. The Morgan fingerprint density at radius 3 is 2.34 bits per heavy atom. The van der Waals surface area contributed by atoms with Crippen molar-refractivity contribution in [2.45, 2.75) is 44.7 Å². The molecule has 202 valence electrons. The molecule has 1 N–H and O–H groups in total. The Hall–Kier alpha value is -3.07. The maximum Gasteiger partial charge on any atom is 0.264 e. The third-order valence-electron chi connectivity index (χ3n) is 5.94. The summed E-state index contributed by atoms with van der Waals surface area (Å²) >= 11 is 12.6. The molecule has 0 aliphatic heterocycles. The third-order valence-corrected chi connectivity index (χ3v) is 8.27. The van der Waals surface area contributed by atoms with Crippen molar-refractivity contribution in [2.24, 2.45) is 0 Å². The lowest BCUT2D eigenvalue weighted by molar-refractivity contribution is -0.139. The number of hydrogen-bond acceptors (Lipinski definition) is 4. The predicted molar refractivity (Wildman–Crippen MR) is 152 cm³/mol. The van der Waals surface area contributed by atoms with E-state index >= 15 is 0 Å². The van der Waals surface area contributed by atoms with Crippen LogP contribution in [0.5, 0.6) is 0 Å². The Bertz CT molecular complexity index is 1380. The summed E-state index contributed by atoms with van der Waals surface area (Å²) in [7, 11) is -4.22. The maximum atomic E-state index is 13.9. The summed E-state index contributed by atoms with van der Waals surface area (Å²) in [6, 6.07) is 18.9. The number of halogens is 2. The van der Waals surface area contributed by atoms with Crippen molar-refractivity contribution in [1.29, 1.82) is 0 Å². The predicted octanol–water partition coefficient (Wildman–Crippen LogP) is 5.44. The first-order chi connectivity index (χ1) is 18.0. The van der Waals surface area contributed by atoms with Gasteiger partial charge in [0.2, 0.25) is 11.8 Å². The minimum Gasteiger partial charge on any atom is -0.354 e. The first kappa shape index (κ1) is 29.5. The van der Waals surface area contributed by atoms with Gasteiger partial charge >= 0.3 is 0 Å². The molecule has 0 heterocycles. The van der Waals surface area contributed by atoms with E-state index in [1.54, 1.807) is 25.1 Å². The molecule has 2 amide bonds. The van der Waals surface area contributed by atoms with Gasteiger partial charge in [-0.15, -0.1) is 0 Å². The number of aryl methyl sites for hydroxylation is 1. The van der Waals surface area contributed by atoms with Gasteiger partial charge in [0, 0.05) is 18.1 Å². The molecule has 3 aromatic rings. The van der Waals surface area contributed by atoms with Crippen LogP contribution in [0.15, 0.2) is 77.7 Å². The average Bonchev–Trinajstić information content (AvgIpc) is 2.90. The van der Waals surface area contributed by atoms with Crippen LogP contribution in [0.1, 0.15) is 31.4 Å². The number of anilines is 1. The number of rotatable bonds is 11. The minimum atomic E-state index is -4.22. The number of sulfonamides is 1. The molecule has 0 radical (unpaired) electrons. The van der Waals surface area contributed by atoms with Crippen molar-refractivity contribution in [1.82, 2.24) is 10.2 Å². The third kappa shape index (κ3) is 7.28. The highest BCUT2D eigenvalue weighted by Gasteiger charge is 2.33. The number of carbonyl (C=O) groups excluding carboxylic acids is 2. The highest BCUT2D eigenvalue weighted by Crippen LogP contribution is 2.33. The molecule has 0 aliphatic carbocycles. The summed E-state index contributed by atoms with van der Waals surface area (Å²) in [4.78, 5) is 28.1. The molecule has 1 atom stereocenters. The Kier molecular flexibility index (Phi) is 10.2. The molecule has 7 nitrogen and oxygen atoms in total. The lowest BCUT2D eigenvalue weighted by atomic mass is 10.1. The van der Waals surface area contributed by atoms with Gasteiger partial charge in [0.05, 0.1) is 15.6 Å². The van der Waals surface area contributed by atoms with E-state index in [4.69, 9.17) is 23.2 Å². The second-order valence-corrected chi connectivity index (χ2v) is 11.6. The van der Waals surface area contributed by atoms with Crippen molar-refractivity contribution < 1.29 is 18.0 Å². The van der Waals surface area contributed by atoms with E-state index < -0.39 is 28.5 Å². The van der Waals surface area contributed by atoms with Gasteiger partial charge in [-0.1, -0.05) is 78.2 Å². The van der Waals surface area contributed by atoms with Gasteiger partial charge in [0.1, 0.15) is 12.6 Å². The summed E-state index contributed by atoms with van der Waals surface area (Å²) in [5, 5.41) is 3.19. The number of hydrogen-bond donors (Lipinski definition) is 1. The van der Waals surface area contributed by atoms with Crippen LogP contribution in [-0.2, 0) is 26.2 Å². The number of benzene rings is 3. The van der Waals surface area contributed by atoms with Gasteiger partial charge in [-0.05, 0) is 56.2 Å². The molecule has 10 heteroatoms. The van der Waals surface area contributed by atoms with E-state index in [0.29, 0.717) is 6.54 Å². The number of carbonyl (C=O) groups is 2. The van der Waals surface area contributed by atoms with Gasteiger partial charge in [-0.2, -0.15) is 0 Å². The van der Waals surface area contributed by atoms with Crippen molar-refractivity contribution in [3.8, 4) is 0 Å². The van der Waals surface area contributed by atoms with Crippen LogP contribution in [0.25, 0.3) is 0 Å². The fourth-order valence-electron chi connectivity index (χ4n) is 3.90. The fourth-order valence-corrected chi connectivity index (χ4v) is 5.78. The van der Waals surface area contributed by atoms with Crippen molar-refractivity contribution in [3.63, 3.8) is 0 Å². The van der Waals surface area contributed by atoms with Crippen LogP contribution < -0.4 is 9.62 Å². The van der Waals surface area contributed by atoms with Gasteiger partial charge in [0.15, 0.2) is 0 Å².